The van der Waals surface area contributed by atoms with E-state index in [1.165, 1.54) is 36.9 Å². The van der Waals surface area contributed by atoms with Crippen molar-refractivity contribution >= 4 is 0 Å². The largest absolute Gasteiger partial charge is 0.316 e. The quantitative estimate of drug-likeness (QED) is 0.716. The van der Waals surface area contributed by atoms with Gasteiger partial charge in [-0.05, 0) is 37.8 Å². The Morgan fingerprint density at radius 1 is 1.29 bits per heavy atom. The molecule has 1 heterocycles. The highest BCUT2D eigenvalue weighted by molar-refractivity contribution is 5.25. The van der Waals surface area contributed by atoms with Crippen LogP contribution in [0.2, 0.25) is 0 Å². The average Bonchev–Trinajstić information content (AvgIpc) is 2.45. The number of hydrogen-bond donors (Lipinski definition) is 1. The zero-order valence-electron chi connectivity index (χ0n) is 8.92. The molecule has 1 saturated heterocycles. The van der Waals surface area contributed by atoms with E-state index in [1.54, 1.807) is 0 Å². The van der Waals surface area contributed by atoms with Gasteiger partial charge >= 0.3 is 0 Å². The third kappa shape index (κ3) is 2.36. The van der Waals surface area contributed by atoms with Crippen LogP contribution >= 0.6 is 0 Å². The molecule has 1 aromatic carbocycles. The molecule has 0 spiro atoms. The molecule has 1 nitrogen and oxygen atoms in total. The molecule has 1 aliphatic rings. The molecule has 76 valence electrons. The Hall–Kier alpha value is -0.820. The number of aryl methyl sites for hydroxylation is 1. The lowest BCUT2D eigenvalue weighted by Crippen LogP contribution is -2.19. The molecule has 1 unspecified atom stereocenters. The van der Waals surface area contributed by atoms with Crippen LogP contribution in [0.15, 0.2) is 24.3 Å². The van der Waals surface area contributed by atoms with E-state index in [0.717, 1.165) is 12.5 Å². The van der Waals surface area contributed by atoms with Crippen molar-refractivity contribution in [3.8, 4) is 0 Å². The van der Waals surface area contributed by atoms with E-state index >= 15 is 0 Å². The van der Waals surface area contributed by atoms with Crippen molar-refractivity contribution in [3.63, 3.8) is 0 Å². The molecular formula is C13H19N. The molecule has 0 saturated carbocycles. The smallest absolute Gasteiger partial charge is 0.00201 e. The van der Waals surface area contributed by atoms with Crippen molar-refractivity contribution in [1.29, 1.82) is 0 Å². The van der Waals surface area contributed by atoms with Crippen LogP contribution in [0, 0.1) is 6.92 Å². The van der Waals surface area contributed by atoms with Gasteiger partial charge in [-0.1, -0.05) is 36.2 Å². The number of rotatable bonds is 1. The van der Waals surface area contributed by atoms with E-state index in [-0.39, 0.29) is 0 Å². The second-order valence-corrected chi connectivity index (χ2v) is 4.31. The van der Waals surface area contributed by atoms with Gasteiger partial charge in [-0.2, -0.15) is 0 Å². The molecule has 1 N–H and O–H groups in total. The summed E-state index contributed by atoms with van der Waals surface area (Å²) in [6.07, 6.45) is 4.05. The fourth-order valence-corrected chi connectivity index (χ4v) is 2.23. The first-order chi connectivity index (χ1) is 6.86. The standard InChI is InChI=1S/C13H19N/c1-11-5-4-7-12(9-11)13-6-2-3-8-14-10-13/h4-5,7,9,13-14H,2-3,6,8,10H2,1H3. The van der Waals surface area contributed by atoms with E-state index in [0.29, 0.717) is 0 Å². The van der Waals surface area contributed by atoms with E-state index in [1.807, 2.05) is 0 Å². The summed E-state index contributed by atoms with van der Waals surface area (Å²) in [4.78, 5) is 0. The van der Waals surface area contributed by atoms with Crippen molar-refractivity contribution < 1.29 is 0 Å². The first-order valence-electron chi connectivity index (χ1n) is 5.63. The van der Waals surface area contributed by atoms with Crippen molar-refractivity contribution in [2.24, 2.45) is 0 Å². The van der Waals surface area contributed by atoms with Gasteiger partial charge < -0.3 is 5.32 Å². The Labute approximate surface area is 86.5 Å². The Morgan fingerprint density at radius 3 is 3.07 bits per heavy atom. The Balaban J connectivity index is 2.12. The second kappa shape index (κ2) is 4.61. The summed E-state index contributed by atoms with van der Waals surface area (Å²) in [7, 11) is 0. The Bertz CT molecular complexity index is 285. The Morgan fingerprint density at radius 2 is 2.21 bits per heavy atom. The summed E-state index contributed by atoms with van der Waals surface area (Å²) in [5, 5.41) is 3.52. The molecule has 0 bridgehead atoms. The SMILES string of the molecule is Cc1cccc(C2CCCCNC2)c1. The second-order valence-electron chi connectivity index (χ2n) is 4.31. The maximum Gasteiger partial charge on any atom is 0.00201 e. The number of benzene rings is 1. The monoisotopic (exact) mass is 189 g/mol. The highest BCUT2D eigenvalue weighted by Gasteiger charge is 2.13. The molecule has 1 aliphatic heterocycles. The lowest BCUT2D eigenvalue weighted by Gasteiger charge is -2.14. The maximum atomic E-state index is 3.52. The molecule has 0 aliphatic carbocycles. The minimum absolute atomic E-state index is 0.734. The third-order valence-corrected chi connectivity index (χ3v) is 3.06. The van der Waals surface area contributed by atoms with Crippen LogP contribution in [0.1, 0.15) is 36.3 Å². The van der Waals surface area contributed by atoms with Gasteiger partial charge in [-0.3, -0.25) is 0 Å². The molecule has 14 heavy (non-hydrogen) atoms. The minimum atomic E-state index is 0.734. The van der Waals surface area contributed by atoms with Crippen molar-refractivity contribution in [1.82, 2.24) is 5.32 Å². The van der Waals surface area contributed by atoms with Crippen LogP contribution in [0.3, 0.4) is 0 Å². The molecular weight excluding hydrogens is 170 g/mol. The van der Waals surface area contributed by atoms with Crippen molar-refractivity contribution in [3.05, 3.63) is 35.4 Å². The highest BCUT2D eigenvalue weighted by Crippen LogP contribution is 2.23. The molecule has 1 aromatic rings. The molecule has 0 amide bonds. The number of nitrogens with one attached hydrogen (secondary N) is 1. The van der Waals surface area contributed by atoms with Crippen molar-refractivity contribution in [2.75, 3.05) is 13.1 Å². The molecule has 1 fully saturated rings. The van der Waals surface area contributed by atoms with E-state index in [4.69, 9.17) is 0 Å². The zero-order valence-corrected chi connectivity index (χ0v) is 8.92. The predicted octanol–water partition coefficient (Wildman–Crippen LogP) is 2.85. The van der Waals surface area contributed by atoms with Crippen LogP contribution in [0.4, 0.5) is 0 Å². The summed E-state index contributed by atoms with van der Waals surface area (Å²) in [6, 6.07) is 8.95. The summed E-state index contributed by atoms with van der Waals surface area (Å²) in [5.74, 6) is 0.734. The van der Waals surface area contributed by atoms with Gasteiger partial charge in [0.15, 0.2) is 0 Å². The normalized spacial score (nSPS) is 23.1. The molecule has 2 rings (SSSR count). The van der Waals surface area contributed by atoms with Gasteiger partial charge in [0, 0.05) is 6.54 Å². The van der Waals surface area contributed by atoms with Gasteiger partial charge in [0.1, 0.15) is 0 Å². The summed E-state index contributed by atoms with van der Waals surface area (Å²) in [5.41, 5.74) is 2.89. The minimum Gasteiger partial charge on any atom is -0.316 e. The lowest BCUT2D eigenvalue weighted by atomic mass is 9.93. The topological polar surface area (TPSA) is 12.0 Å². The third-order valence-electron chi connectivity index (χ3n) is 3.06. The molecule has 0 aromatic heterocycles. The van der Waals surface area contributed by atoms with E-state index in [9.17, 15) is 0 Å². The van der Waals surface area contributed by atoms with Gasteiger partial charge in [0.2, 0.25) is 0 Å². The number of hydrogen-bond acceptors (Lipinski definition) is 1. The molecule has 1 atom stereocenters. The summed E-state index contributed by atoms with van der Waals surface area (Å²) < 4.78 is 0. The fraction of sp³-hybridized carbons (Fsp3) is 0.538. The van der Waals surface area contributed by atoms with Gasteiger partial charge in [-0.25, -0.2) is 0 Å². The van der Waals surface area contributed by atoms with Crippen LogP contribution in [-0.2, 0) is 0 Å². The first kappa shape index (κ1) is 9.72. The average molecular weight is 189 g/mol. The summed E-state index contributed by atoms with van der Waals surface area (Å²) >= 11 is 0. The highest BCUT2D eigenvalue weighted by atomic mass is 14.9. The molecule has 0 radical (unpaired) electrons. The maximum absolute atomic E-state index is 3.52. The van der Waals surface area contributed by atoms with Gasteiger partial charge in [0.25, 0.3) is 0 Å². The lowest BCUT2D eigenvalue weighted by molar-refractivity contribution is 0.610. The zero-order chi connectivity index (χ0) is 9.80. The Kier molecular flexibility index (Phi) is 3.20. The summed E-state index contributed by atoms with van der Waals surface area (Å²) in [6.45, 7) is 4.53. The van der Waals surface area contributed by atoms with Crippen molar-refractivity contribution in [2.45, 2.75) is 32.1 Å². The van der Waals surface area contributed by atoms with Gasteiger partial charge in [-0.15, -0.1) is 0 Å². The molecule has 1 heteroatoms. The van der Waals surface area contributed by atoms with E-state index in [2.05, 4.69) is 36.5 Å². The van der Waals surface area contributed by atoms with E-state index < -0.39 is 0 Å². The first-order valence-corrected chi connectivity index (χ1v) is 5.63. The van der Waals surface area contributed by atoms with Crippen LogP contribution in [0.25, 0.3) is 0 Å². The van der Waals surface area contributed by atoms with Crippen LogP contribution in [-0.4, -0.2) is 13.1 Å². The fourth-order valence-electron chi connectivity index (χ4n) is 2.23. The predicted molar refractivity (Wildman–Crippen MR) is 60.6 cm³/mol. The van der Waals surface area contributed by atoms with Gasteiger partial charge in [0.05, 0.1) is 0 Å². The van der Waals surface area contributed by atoms with Crippen LogP contribution < -0.4 is 5.32 Å². The van der Waals surface area contributed by atoms with Crippen LogP contribution in [0.5, 0.6) is 0 Å².